The van der Waals surface area contributed by atoms with Crippen molar-refractivity contribution in [2.45, 2.75) is 12.4 Å². The molecule has 114 valence electrons. The van der Waals surface area contributed by atoms with Crippen molar-refractivity contribution >= 4 is 22.9 Å². The van der Waals surface area contributed by atoms with E-state index in [1.54, 1.807) is 11.3 Å². The van der Waals surface area contributed by atoms with E-state index in [2.05, 4.69) is 11.1 Å². The van der Waals surface area contributed by atoms with Crippen LogP contribution in [0.5, 0.6) is 0 Å². The maximum absolute atomic E-state index is 9.06. The van der Waals surface area contributed by atoms with Gasteiger partial charge in [-0.1, -0.05) is 18.2 Å². The molecule has 0 fully saturated rings. The van der Waals surface area contributed by atoms with Crippen LogP contribution in [0.2, 0.25) is 0 Å². The summed E-state index contributed by atoms with van der Waals surface area (Å²) < 4.78 is 0. The van der Waals surface area contributed by atoms with Gasteiger partial charge in [-0.15, -0.1) is 22.9 Å². The zero-order chi connectivity index (χ0) is 15.1. The predicted octanol–water partition coefficient (Wildman–Crippen LogP) is 2.34. The summed E-state index contributed by atoms with van der Waals surface area (Å²) in [5, 5.41) is 21.1. The minimum Gasteiger partial charge on any atom is -0.395 e. The average Bonchev–Trinajstić information content (AvgIpc) is 2.97. The topological polar surface area (TPSA) is 56.6 Å². The van der Waals surface area contributed by atoms with E-state index in [0.717, 1.165) is 21.8 Å². The van der Waals surface area contributed by atoms with Gasteiger partial charge in [-0.2, -0.15) is 0 Å². The summed E-state index contributed by atoms with van der Waals surface area (Å²) in [6, 6.07) is 8.17. The van der Waals surface area contributed by atoms with Gasteiger partial charge in [-0.25, -0.2) is 4.98 Å². The fourth-order valence-corrected chi connectivity index (χ4v) is 3.16. The van der Waals surface area contributed by atoms with Gasteiger partial charge < -0.3 is 10.2 Å². The highest BCUT2D eigenvalue weighted by Gasteiger charge is 2.08. The molecule has 1 aromatic carbocycles. The van der Waals surface area contributed by atoms with Crippen LogP contribution in [-0.4, -0.2) is 46.4 Å². The number of hydrogen-bond donors (Lipinski definition) is 2. The highest BCUT2D eigenvalue weighted by atomic mass is 35.5. The molecule has 0 saturated carbocycles. The molecule has 2 rings (SSSR count). The molecule has 1 aromatic heterocycles. The van der Waals surface area contributed by atoms with E-state index in [-0.39, 0.29) is 13.2 Å². The molecule has 0 saturated heterocycles. The predicted molar refractivity (Wildman–Crippen MR) is 86.6 cm³/mol. The third kappa shape index (κ3) is 4.76. The lowest BCUT2D eigenvalue weighted by atomic mass is 10.1. The molecule has 4 nitrogen and oxygen atoms in total. The fraction of sp³-hybridized carbons (Fsp3) is 0.400. The second-order valence-corrected chi connectivity index (χ2v) is 5.83. The summed E-state index contributed by atoms with van der Waals surface area (Å²) in [6.07, 6.45) is 0. The Morgan fingerprint density at radius 3 is 2.57 bits per heavy atom. The Morgan fingerprint density at radius 2 is 1.95 bits per heavy atom. The summed E-state index contributed by atoms with van der Waals surface area (Å²) >= 11 is 7.37. The summed E-state index contributed by atoms with van der Waals surface area (Å²) in [4.78, 5) is 6.50. The number of aromatic nitrogens is 1. The molecule has 0 radical (unpaired) electrons. The van der Waals surface area contributed by atoms with Gasteiger partial charge >= 0.3 is 0 Å². The van der Waals surface area contributed by atoms with Gasteiger partial charge in [-0.3, -0.25) is 4.90 Å². The standard InChI is InChI=1S/C15H19ClN2O2S/c16-9-14-11-21-15(17-14)13-3-1-2-12(8-13)10-18(4-6-19)5-7-20/h1-3,8,11,19-20H,4-7,9-10H2. The molecular formula is C15H19ClN2O2S. The molecule has 1 heterocycles. The van der Waals surface area contributed by atoms with Crippen LogP contribution >= 0.6 is 22.9 Å². The molecule has 0 aliphatic carbocycles. The highest BCUT2D eigenvalue weighted by molar-refractivity contribution is 7.13. The first-order valence-electron chi connectivity index (χ1n) is 6.80. The smallest absolute Gasteiger partial charge is 0.123 e. The molecule has 0 atom stereocenters. The van der Waals surface area contributed by atoms with Crippen molar-refractivity contribution in [1.29, 1.82) is 0 Å². The Balaban J connectivity index is 2.12. The van der Waals surface area contributed by atoms with Gasteiger partial charge in [-0.05, 0) is 11.6 Å². The molecule has 0 amide bonds. The Morgan fingerprint density at radius 1 is 1.19 bits per heavy atom. The van der Waals surface area contributed by atoms with Crippen LogP contribution in [0.3, 0.4) is 0 Å². The SMILES string of the molecule is OCCN(CCO)Cc1cccc(-c2nc(CCl)cs2)c1. The van der Waals surface area contributed by atoms with Crippen LogP contribution in [0.15, 0.2) is 29.6 Å². The van der Waals surface area contributed by atoms with Gasteiger partial charge in [0.15, 0.2) is 0 Å². The van der Waals surface area contributed by atoms with E-state index < -0.39 is 0 Å². The fourth-order valence-electron chi connectivity index (χ4n) is 2.11. The number of aliphatic hydroxyl groups is 2. The molecule has 0 aliphatic rings. The van der Waals surface area contributed by atoms with Crippen LogP contribution in [0.25, 0.3) is 10.6 Å². The number of rotatable bonds is 8. The van der Waals surface area contributed by atoms with Crippen LogP contribution < -0.4 is 0 Å². The number of aliphatic hydroxyl groups excluding tert-OH is 2. The third-order valence-electron chi connectivity index (χ3n) is 3.10. The van der Waals surface area contributed by atoms with Gasteiger partial charge in [0.2, 0.25) is 0 Å². The average molecular weight is 327 g/mol. The zero-order valence-corrected chi connectivity index (χ0v) is 13.3. The normalized spacial score (nSPS) is 11.2. The van der Waals surface area contributed by atoms with Gasteiger partial charge in [0.05, 0.1) is 24.8 Å². The second-order valence-electron chi connectivity index (χ2n) is 4.70. The first kappa shape index (κ1) is 16.4. The summed E-state index contributed by atoms with van der Waals surface area (Å²) in [6.45, 7) is 1.98. The summed E-state index contributed by atoms with van der Waals surface area (Å²) in [5.74, 6) is 0.428. The van der Waals surface area contributed by atoms with Crippen molar-refractivity contribution < 1.29 is 10.2 Å². The second kappa shape index (κ2) is 8.46. The number of halogens is 1. The Hall–Kier alpha value is -0.980. The maximum Gasteiger partial charge on any atom is 0.123 e. The first-order chi connectivity index (χ1) is 10.3. The number of nitrogens with zero attached hydrogens (tertiary/aromatic N) is 2. The molecule has 21 heavy (non-hydrogen) atoms. The molecule has 2 aromatic rings. The number of alkyl halides is 1. The van der Waals surface area contributed by atoms with Crippen LogP contribution in [0.4, 0.5) is 0 Å². The molecule has 0 spiro atoms. The quantitative estimate of drug-likeness (QED) is 0.731. The lowest BCUT2D eigenvalue weighted by Crippen LogP contribution is -2.29. The van der Waals surface area contributed by atoms with Crippen LogP contribution in [0, 0.1) is 0 Å². The van der Waals surface area contributed by atoms with Gasteiger partial charge in [0.25, 0.3) is 0 Å². The largest absolute Gasteiger partial charge is 0.395 e. The van der Waals surface area contributed by atoms with Crippen LogP contribution in [0.1, 0.15) is 11.3 Å². The van der Waals surface area contributed by atoms with Crippen molar-refractivity contribution in [2.75, 3.05) is 26.3 Å². The van der Waals surface area contributed by atoms with E-state index in [4.69, 9.17) is 21.8 Å². The minimum atomic E-state index is 0.0885. The molecule has 6 heteroatoms. The summed E-state index contributed by atoms with van der Waals surface area (Å²) in [7, 11) is 0. The van der Waals surface area contributed by atoms with E-state index in [1.165, 1.54) is 0 Å². The Kier molecular flexibility index (Phi) is 6.60. The summed E-state index contributed by atoms with van der Waals surface area (Å²) in [5.41, 5.74) is 3.10. The minimum absolute atomic E-state index is 0.0885. The number of benzene rings is 1. The number of thiazole rings is 1. The van der Waals surface area contributed by atoms with E-state index in [0.29, 0.717) is 25.5 Å². The lowest BCUT2D eigenvalue weighted by molar-refractivity contribution is 0.156. The Labute approximate surface area is 133 Å². The third-order valence-corrected chi connectivity index (χ3v) is 4.32. The van der Waals surface area contributed by atoms with Gasteiger partial charge in [0, 0.05) is 30.6 Å². The van der Waals surface area contributed by atoms with E-state index in [9.17, 15) is 0 Å². The molecule has 0 bridgehead atoms. The maximum atomic E-state index is 9.06. The highest BCUT2D eigenvalue weighted by Crippen LogP contribution is 2.25. The van der Waals surface area contributed by atoms with Crippen molar-refractivity contribution in [3.63, 3.8) is 0 Å². The van der Waals surface area contributed by atoms with Crippen molar-refractivity contribution in [3.05, 3.63) is 40.9 Å². The van der Waals surface area contributed by atoms with Crippen LogP contribution in [-0.2, 0) is 12.4 Å². The first-order valence-corrected chi connectivity index (χ1v) is 8.22. The van der Waals surface area contributed by atoms with E-state index in [1.807, 2.05) is 28.5 Å². The van der Waals surface area contributed by atoms with Crippen molar-refractivity contribution in [3.8, 4) is 10.6 Å². The van der Waals surface area contributed by atoms with Gasteiger partial charge in [0.1, 0.15) is 5.01 Å². The van der Waals surface area contributed by atoms with Crippen molar-refractivity contribution in [1.82, 2.24) is 9.88 Å². The Bertz CT molecular complexity index is 556. The zero-order valence-electron chi connectivity index (χ0n) is 11.7. The van der Waals surface area contributed by atoms with Crippen molar-refractivity contribution in [2.24, 2.45) is 0 Å². The van der Waals surface area contributed by atoms with E-state index >= 15 is 0 Å². The molecule has 0 unspecified atom stereocenters. The molecular weight excluding hydrogens is 308 g/mol. The number of hydrogen-bond acceptors (Lipinski definition) is 5. The monoisotopic (exact) mass is 326 g/mol. The lowest BCUT2D eigenvalue weighted by Gasteiger charge is -2.20. The molecule has 0 aliphatic heterocycles. The molecule has 2 N–H and O–H groups in total.